The Bertz CT molecular complexity index is 1180. The molecule has 2 aliphatic heterocycles. The third-order valence-electron chi connectivity index (χ3n) is 5.94. The number of morpholine rings is 1. The molecule has 34 heavy (non-hydrogen) atoms. The molecule has 2 saturated heterocycles. The first kappa shape index (κ1) is 24.0. The Hall–Kier alpha value is -3.11. The molecular formula is C24H28N4O5S. The van der Waals surface area contributed by atoms with Gasteiger partial charge in [0.05, 0.1) is 28.7 Å². The lowest BCUT2D eigenvalue weighted by atomic mass is 10.2. The molecular weight excluding hydrogens is 456 g/mol. The van der Waals surface area contributed by atoms with E-state index in [-0.39, 0.29) is 27.7 Å². The first-order chi connectivity index (χ1) is 16.2. The minimum Gasteiger partial charge on any atom is -0.378 e. The van der Waals surface area contributed by atoms with Crippen molar-refractivity contribution in [2.24, 2.45) is 5.92 Å². The van der Waals surface area contributed by atoms with Crippen molar-refractivity contribution in [2.45, 2.75) is 27.7 Å². The third kappa shape index (κ3) is 4.60. The summed E-state index contributed by atoms with van der Waals surface area (Å²) in [5, 5.41) is 11.6. The number of ether oxygens (including phenoxy) is 1. The zero-order chi connectivity index (χ0) is 24.6. The van der Waals surface area contributed by atoms with Crippen molar-refractivity contribution in [2.75, 3.05) is 37.7 Å². The molecule has 0 saturated carbocycles. The number of nitro groups is 1. The summed E-state index contributed by atoms with van der Waals surface area (Å²) >= 11 is 0.947. The second kappa shape index (κ2) is 9.63. The van der Waals surface area contributed by atoms with Crippen molar-refractivity contribution in [1.82, 2.24) is 9.47 Å². The van der Waals surface area contributed by atoms with E-state index in [0.29, 0.717) is 49.1 Å². The van der Waals surface area contributed by atoms with Gasteiger partial charge in [0.2, 0.25) is 0 Å². The van der Waals surface area contributed by atoms with E-state index in [9.17, 15) is 19.7 Å². The summed E-state index contributed by atoms with van der Waals surface area (Å²) in [6.07, 6.45) is 1.74. The fourth-order valence-electron chi connectivity index (χ4n) is 4.36. The SMILES string of the molecule is Cc1cc(/C=C2\SC(=O)N(CC(C)C)C2=O)c(C)n1-c1ccc(N2CCOCC2)c([N+](=O)[O-])c1. The van der Waals surface area contributed by atoms with Gasteiger partial charge in [0.25, 0.3) is 16.8 Å². The summed E-state index contributed by atoms with van der Waals surface area (Å²) in [5.74, 6) is -0.0897. The van der Waals surface area contributed by atoms with E-state index in [0.717, 1.165) is 28.7 Å². The molecule has 0 radical (unpaired) electrons. The molecule has 1 aromatic heterocycles. The number of hydrogen-bond donors (Lipinski definition) is 0. The van der Waals surface area contributed by atoms with Crippen LogP contribution in [0.15, 0.2) is 29.2 Å². The van der Waals surface area contributed by atoms with Crippen LogP contribution < -0.4 is 4.90 Å². The lowest BCUT2D eigenvalue weighted by molar-refractivity contribution is -0.384. The average Bonchev–Trinajstić information content (AvgIpc) is 3.22. The first-order valence-corrected chi connectivity index (χ1v) is 12.0. The first-order valence-electron chi connectivity index (χ1n) is 11.2. The van der Waals surface area contributed by atoms with E-state index in [1.165, 1.54) is 4.90 Å². The fraction of sp³-hybridized carbons (Fsp3) is 0.417. The van der Waals surface area contributed by atoms with E-state index in [4.69, 9.17) is 4.74 Å². The number of imide groups is 1. The molecule has 0 aliphatic carbocycles. The molecule has 0 N–H and O–H groups in total. The van der Waals surface area contributed by atoms with E-state index in [1.807, 2.05) is 49.3 Å². The quantitative estimate of drug-likeness (QED) is 0.337. The minimum atomic E-state index is -0.353. The number of aromatic nitrogens is 1. The Balaban J connectivity index is 1.68. The standard InChI is InChI=1S/C24H28N4O5S/c1-15(2)14-26-23(29)22(34-24(26)30)12-18-11-16(3)27(17(18)4)19-5-6-20(21(13-19)28(31)32)25-7-9-33-10-8-25/h5-6,11-13,15H,7-10,14H2,1-4H3/b22-12-. The Labute approximate surface area is 202 Å². The van der Waals surface area contributed by atoms with E-state index in [2.05, 4.69) is 0 Å². The molecule has 2 amide bonds. The number of carbonyl (C=O) groups is 2. The van der Waals surface area contributed by atoms with Crippen molar-refractivity contribution >= 4 is 40.4 Å². The van der Waals surface area contributed by atoms with E-state index >= 15 is 0 Å². The molecule has 0 bridgehead atoms. The highest BCUT2D eigenvalue weighted by Crippen LogP contribution is 2.36. The van der Waals surface area contributed by atoms with Gasteiger partial charge in [-0.25, -0.2) is 0 Å². The van der Waals surface area contributed by atoms with Crippen LogP contribution in [0.2, 0.25) is 0 Å². The molecule has 2 fully saturated rings. The molecule has 180 valence electrons. The number of rotatable bonds is 6. The predicted octanol–water partition coefficient (Wildman–Crippen LogP) is 4.53. The molecule has 9 nitrogen and oxygen atoms in total. The maximum atomic E-state index is 12.8. The maximum Gasteiger partial charge on any atom is 0.294 e. The monoisotopic (exact) mass is 484 g/mol. The molecule has 3 heterocycles. The number of nitrogens with zero attached hydrogens (tertiary/aromatic N) is 4. The van der Waals surface area contributed by atoms with Gasteiger partial charge in [-0.2, -0.15) is 0 Å². The molecule has 10 heteroatoms. The van der Waals surface area contributed by atoms with Crippen LogP contribution in [0.5, 0.6) is 0 Å². The summed E-state index contributed by atoms with van der Waals surface area (Å²) in [6, 6.07) is 7.17. The smallest absolute Gasteiger partial charge is 0.294 e. The molecule has 0 spiro atoms. The molecule has 0 atom stereocenters. The second-order valence-electron chi connectivity index (χ2n) is 8.88. The summed E-state index contributed by atoms with van der Waals surface area (Å²) in [6.45, 7) is 10.4. The van der Waals surface area contributed by atoms with Crippen molar-refractivity contribution in [3.05, 3.63) is 56.2 Å². The van der Waals surface area contributed by atoms with Crippen LogP contribution in [0, 0.1) is 29.9 Å². The average molecular weight is 485 g/mol. The highest BCUT2D eigenvalue weighted by atomic mass is 32.2. The van der Waals surface area contributed by atoms with Gasteiger partial charge in [-0.05, 0) is 61.4 Å². The summed E-state index contributed by atoms with van der Waals surface area (Å²) in [5.41, 5.74) is 3.81. The predicted molar refractivity (Wildman–Crippen MR) is 132 cm³/mol. The summed E-state index contributed by atoms with van der Waals surface area (Å²) in [7, 11) is 0. The van der Waals surface area contributed by atoms with Crippen LogP contribution in [0.4, 0.5) is 16.2 Å². The third-order valence-corrected chi connectivity index (χ3v) is 6.85. The van der Waals surface area contributed by atoms with Gasteiger partial charge in [-0.1, -0.05) is 13.8 Å². The topological polar surface area (TPSA) is 97.9 Å². The highest BCUT2D eigenvalue weighted by Gasteiger charge is 2.35. The van der Waals surface area contributed by atoms with Gasteiger partial charge < -0.3 is 14.2 Å². The Kier molecular flexibility index (Phi) is 6.81. The Morgan fingerprint density at radius 1 is 1.18 bits per heavy atom. The lowest BCUT2D eigenvalue weighted by Crippen LogP contribution is -2.36. The van der Waals surface area contributed by atoms with Crippen molar-refractivity contribution in [1.29, 1.82) is 0 Å². The molecule has 0 unspecified atom stereocenters. The van der Waals surface area contributed by atoms with Gasteiger partial charge in [-0.3, -0.25) is 24.6 Å². The van der Waals surface area contributed by atoms with E-state index < -0.39 is 0 Å². The van der Waals surface area contributed by atoms with Crippen LogP contribution in [0.3, 0.4) is 0 Å². The second-order valence-corrected chi connectivity index (χ2v) is 9.87. The Morgan fingerprint density at radius 2 is 1.88 bits per heavy atom. The normalized spacial score (nSPS) is 18.0. The van der Waals surface area contributed by atoms with Crippen LogP contribution in [-0.2, 0) is 9.53 Å². The number of carbonyl (C=O) groups excluding carboxylic acids is 2. The van der Waals surface area contributed by atoms with Crippen LogP contribution in [0.1, 0.15) is 30.8 Å². The largest absolute Gasteiger partial charge is 0.378 e. The van der Waals surface area contributed by atoms with Crippen LogP contribution >= 0.6 is 11.8 Å². The van der Waals surface area contributed by atoms with Gasteiger partial charge in [0.1, 0.15) is 5.69 Å². The number of benzene rings is 1. The fourth-order valence-corrected chi connectivity index (χ4v) is 5.20. The summed E-state index contributed by atoms with van der Waals surface area (Å²) in [4.78, 5) is 40.2. The minimum absolute atomic E-state index is 0.0447. The summed E-state index contributed by atoms with van der Waals surface area (Å²) < 4.78 is 7.30. The van der Waals surface area contributed by atoms with Crippen molar-refractivity contribution in [3.63, 3.8) is 0 Å². The molecule has 2 aliphatic rings. The lowest BCUT2D eigenvalue weighted by Gasteiger charge is -2.28. The van der Waals surface area contributed by atoms with Crippen LogP contribution in [-0.4, -0.2) is 58.4 Å². The number of amides is 2. The van der Waals surface area contributed by atoms with Crippen LogP contribution in [0.25, 0.3) is 11.8 Å². The number of thioether (sulfide) groups is 1. The van der Waals surface area contributed by atoms with Gasteiger partial charge >= 0.3 is 0 Å². The number of hydrogen-bond acceptors (Lipinski definition) is 7. The zero-order valence-electron chi connectivity index (χ0n) is 19.7. The van der Waals surface area contributed by atoms with Crippen molar-refractivity contribution < 1.29 is 19.2 Å². The zero-order valence-corrected chi connectivity index (χ0v) is 20.6. The van der Waals surface area contributed by atoms with Gasteiger partial charge in [0.15, 0.2) is 0 Å². The van der Waals surface area contributed by atoms with E-state index in [1.54, 1.807) is 18.2 Å². The number of nitro benzene ring substituents is 1. The highest BCUT2D eigenvalue weighted by molar-refractivity contribution is 8.18. The number of anilines is 1. The molecule has 2 aromatic rings. The molecule has 4 rings (SSSR count). The van der Waals surface area contributed by atoms with Crippen molar-refractivity contribution in [3.8, 4) is 5.69 Å². The Morgan fingerprint density at radius 3 is 2.53 bits per heavy atom. The van der Waals surface area contributed by atoms with Gasteiger partial charge in [0, 0.05) is 37.1 Å². The van der Waals surface area contributed by atoms with Gasteiger partial charge in [-0.15, -0.1) is 0 Å². The number of aryl methyl sites for hydroxylation is 1. The molecule has 1 aromatic carbocycles. The maximum absolute atomic E-state index is 12.8.